The molecule has 0 saturated carbocycles. The summed E-state index contributed by atoms with van der Waals surface area (Å²) >= 11 is 0. The average molecular weight is 477 g/mol. The van der Waals surface area contributed by atoms with Crippen LogP contribution in [0.2, 0.25) is 0 Å². The lowest BCUT2D eigenvalue weighted by Crippen LogP contribution is -1.92. The zero-order chi connectivity index (χ0) is 23.6. The minimum Gasteiger partial charge on any atom is -0.303 e. The van der Waals surface area contributed by atoms with Crippen LogP contribution in [0.1, 0.15) is 167 Å². The van der Waals surface area contributed by atoms with Crippen LogP contribution in [0.4, 0.5) is 0 Å². The number of hydrogen-bond acceptors (Lipinski definition) is 2. The molecule has 2 N–H and O–H groups in total. The van der Waals surface area contributed by atoms with Gasteiger partial charge >= 0.3 is 7.82 Å². The van der Waals surface area contributed by atoms with E-state index in [-0.39, 0.29) is 6.61 Å². The van der Waals surface area contributed by atoms with Gasteiger partial charge in [0.15, 0.2) is 0 Å². The Kier molecular flexibility index (Phi) is 25.8. The summed E-state index contributed by atoms with van der Waals surface area (Å²) in [5.74, 6) is 0. The van der Waals surface area contributed by atoms with Crippen molar-refractivity contribution in [3.8, 4) is 0 Å². The molecule has 0 radical (unpaired) electrons. The summed E-state index contributed by atoms with van der Waals surface area (Å²) in [4.78, 5) is 17.2. The molecule has 0 heterocycles. The molecule has 4 nitrogen and oxygen atoms in total. The van der Waals surface area contributed by atoms with Gasteiger partial charge in [0.2, 0.25) is 0 Å². The van der Waals surface area contributed by atoms with Gasteiger partial charge in [-0.15, -0.1) is 0 Å². The predicted molar refractivity (Wildman–Crippen MR) is 139 cm³/mol. The molecule has 0 atom stereocenters. The third-order valence-electron chi connectivity index (χ3n) is 6.51. The van der Waals surface area contributed by atoms with Gasteiger partial charge in [-0.2, -0.15) is 0 Å². The molecule has 0 spiro atoms. The molecule has 0 rings (SSSR count). The van der Waals surface area contributed by atoms with Gasteiger partial charge in [0, 0.05) is 0 Å². The molecule has 32 heavy (non-hydrogen) atoms. The molecule has 194 valence electrons. The quantitative estimate of drug-likeness (QED) is 0.0914. The van der Waals surface area contributed by atoms with Crippen LogP contribution < -0.4 is 0 Å². The molecule has 0 aromatic heterocycles. The summed E-state index contributed by atoms with van der Waals surface area (Å²) in [6, 6.07) is 0. The van der Waals surface area contributed by atoms with E-state index >= 15 is 0 Å². The number of phosphoric acid groups is 1. The van der Waals surface area contributed by atoms with E-state index in [0.717, 1.165) is 19.3 Å². The molecule has 0 unspecified atom stereocenters. The molecule has 0 bridgehead atoms. The Morgan fingerprint density at radius 1 is 0.438 bits per heavy atom. The summed E-state index contributed by atoms with van der Waals surface area (Å²) in [5, 5.41) is 0. The van der Waals surface area contributed by atoms with Crippen LogP contribution in [-0.2, 0) is 9.09 Å². The van der Waals surface area contributed by atoms with Gasteiger partial charge < -0.3 is 9.79 Å². The van der Waals surface area contributed by atoms with Crippen molar-refractivity contribution < 1.29 is 18.9 Å². The Bertz CT molecular complexity index is 397. The molecule has 0 aliphatic carbocycles. The second-order valence-electron chi connectivity index (χ2n) is 9.81. The normalized spacial score (nSPS) is 12.0. The maximum Gasteiger partial charge on any atom is 0.469 e. The van der Waals surface area contributed by atoms with E-state index in [4.69, 9.17) is 9.79 Å². The molecular formula is C27H57O4P. The zero-order valence-corrected chi connectivity index (χ0v) is 22.4. The molecule has 0 saturated heterocycles. The van der Waals surface area contributed by atoms with E-state index < -0.39 is 7.82 Å². The molecule has 0 aromatic rings. The van der Waals surface area contributed by atoms with Crippen LogP contribution in [0.15, 0.2) is 0 Å². The standard InChI is InChI=1S/C27H57O4P/c1-2-3-4-5-6-7-8-9-10-11-12-13-14-15-16-17-18-19-20-21-22-23-24-25-26-27-31-32(28,29)30/h2-27H2,1H3,(H2,28,29,30). The number of rotatable bonds is 27. The number of hydrogen-bond donors (Lipinski definition) is 2. The smallest absolute Gasteiger partial charge is 0.303 e. The molecule has 0 amide bonds. The highest BCUT2D eigenvalue weighted by molar-refractivity contribution is 7.46. The third-order valence-corrected chi connectivity index (χ3v) is 7.03. The third kappa shape index (κ3) is 30.1. The van der Waals surface area contributed by atoms with Gasteiger partial charge in [-0.25, -0.2) is 4.57 Å². The Morgan fingerprint density at radius 3 is 0.875 bits per heavy atom. The summed E-state index contributed by atoms with van der Waals surface area (Å²) in [5.41, 5.74) is 0. The Hall–Kier alpha value is 0.110. The topological polar surface area (TPSA) is 66.8 Å². The number of phosphoric ester groups is 1. The van der Waals surface area contributed by atoms with Crippen LogP contribution in [0.3, 0.4) is 0 Å². The highest BCUT2D eigenvalue weighted by Gasteiger charge is 2.12. The first kappa shape index (κ1) is 32.1. The van der Waals surface area contributed by atoms with Crippen LogP contribution in [-0.4, -0.2) is 16.4 Å². The van der Waals surface area contributed by atoms with Crippen molar-refractivity contribution in [1.29, 1.82) is 0 Å². The average Bonchev–Trinajstić information content (AvgIpc) is 2.75. The minimum absolute atomic E-state index is 0.170. The van der Waals surface area contributed by atoms with Crippen molar-refractivity contribution >= 4 is 7.82 Å². The van der Waals surface area contributed by atoms with E-state index in [1.807, 2.05) is 0 Å². The first-order valence-corrected chi connectivity index (χ1v) is 15.8. The molecule has 0 aliphatic heterocycles. The SMILES string of the molecule is CCCCCCCCCCCCCCCCCCCCCCCCCCCOP(=O)(O)O. The lowest BCUT2D eigenvalue weighted by atomic mass is 10.0. The van der Waals surface area contributed by atoms with E-state index in [1.54, 1.807) is 0 Å². The maximum atomic E-state index is 10.5. The fraction of sp³-hybridized carbons (Fsp3) is 1.00. The highest BCUT2D eigenvalue weighted by Crippen LogP contribution is 2.35. The first-order valence-electron chi connectivity index (χ1n) is 14.3. The first-order chi connectivity index (χ1) is 15.6. The van der Waals surface area contributed by atoms with Gasteiger partial charge in [0.25, 0.3) is 0 Å². The Labute approximate surface area is 200 Å². The monoisotopic (exact) mass is 476 g/mol. The van der Waals surface area contributed by atoms with Crippen molar-refractivity contribution in [3.05, 3.63) is 0 Å². The van der Waals surface area contributed by atoms with Gasteiger partial charge in [-0.3, -0.25) is 4.52 Å². The maximum absolute atomic E-state index is 10.5. The van der Waals surface area contributed by atoms with Crippen molar-refractivity contribution in [1.82, 2.24) is 0 Å². The number of unbranched alkanes of at least 4 members (excludes halogenated alkanes) is 24. The fourth-order valence-corrected chi connectivity index (χ4v) is 4.79. The lowest BCUT2D eigenvalue weighted by Gasteiger charge is -2.05. The Balaban J connectivity index is 3.03. The van der Waals surface area contributed by atoms with Crippen molar-refractivity contribution in [2.45, 2.75) is 167 Å². The van der Waals surface area contributed by atoms with Crippen LogP contribution in [0.5, 0.6) is 0 Å². The molecule has 0 aliphatic rings. The Morgan fingerprint density at radius 2 is 0.656 bits per heavy atom. The largest absolute Gasteiger partial charge is 0.469 e. The molecular weight excluding hydrogens is 419 g/mol. The van der Waals surface area contributed by atoms with Gasteiger partial charge in [0.05, 0.1) is 6.61 Å². The second kappa shape index (κ2) is 25.7. The van der Waals surface area contributed by atoms with Crippen molar-refractivity contribution in [2.24, 2.45) is 0 Å². The summed E-state index contributed by atoms with van der Waals surface area (Å²) in [7, 11) is -4.27. The van der Waals surface area contributed by atoms with E-state index in [2.05, 4.69) is 11.4 Å². The van der Waals surface area contributed by atoms with Gasteiger partial charge in [-0.05, 0) is 6.42 Å². The zero-order valence-electron chi connectivity index (χ0n) is 21.5. The van der Waals surface area contributed by atoms with E-state index in [9.17, 15) is 4.57 Å². The summed E-state index contributed by atoms with van der Waals surface area (Å²) in [6.45, 7) is 2.46. The molecule has 5 heteroatoms. The van der Waals surface area contributed by atoms with Crippen LogP contribution in [0.25, 0.3) is 0 Å². The molecule has 0 aromatic carbocycles. The summed E-state index contributed by atoms with van der Waals surface area (Å²) < 4.78 is 15.0. The van der Waals surface area contributed by atoms with Gasteiger partial charge in [0.1, 0.15) is 0 Å². The second-order valence-corrected chi connectivity index (χ2v) is 11.0. The van der Waals surface area contributed by atoms with Crippen LogP contribution in [0, 0.1) is 0 Å². The minimum atomic E-state index is -4.27. The highest BCUT2D eigenvalue weighted by atomic mass is 31.2. The predicted octanol–water partition coefficient (Wildman–Crippen LogP) is 9.87. The molecule has 0 fully saturated rings. The fourth-order valence-electron chi connectivity index (χ4n) is 4.42. The van der Waals surface area contributed by atoms with E-state index in [1.165, 1.54) is 141 Å². The van der Waals surface area contributed by atoms with Gasteiger partial charge in [-0.1, -0.05) is 161 Å². The van der Waals surface area contributed by atoms with Crippen molar-refractivity contribution in [3.63, 3.8) is 0 Å². The summed E-state index contributed by atoms with van der Waals surface area (Å²) in [6.07, 6.45) is 33.9. The lowest BCUT2D eigenvalue weighted by molar-refractivity contribution is 0.193. The van der Waals surface area contributed by atoms with E-state index in [0.29, 0.717) is 0 Å². The van der Waals surface area contributed by atoms with Crippen LogP contribution >= 0.6 is 7.82 Å². The van der Waals surface area contributed by atoms with Crippen molar-refractivity contribution in [2.75, 3.05) is 6.61 Å².